The monoisotopic (exact) mass is 316 g/mol. The van der Waals surface area contributed by atoms with Crippen LogP contribution in [0.15, 0.2) is 0 Å². The van der Waals surface area contributed by atoms with E-state index in [1.54, 1.807) is 13.8 Å². The van der Waals surface area contributed by atoms with E-state index in [0.29, 0.717) is 19.3 Å². The molecule has 1 fully saturated rings. The standard InChI is InChI=1S/C11H18F2O6S/c1-10(2,15)6-7-3-4-8(5-7)19-9(14)11(12,13)20(16,17)18/h7-8,15H,3-6H2,1-2H3,(H,16,17,18). The van der Waals surface area contributed by atoms with E-state index in [4.69, 9.17) is 4.55 Å². The van der Waals surface area contributed by atoms with Crippen LogP contribution in [0.3, 0.4) is 0 Å². The molecule has 0 radical (unpaired) electrons. The molecule has 0 aliphatic heterocycles. The number of halogens is 2. The Labute approximate surface area is 115 Å². The lowest BCUT2D eigenvalue weighted by atomic mass is 9.92. The number of esters is 1. The van der Waals surface area contributed by atoms with Gasteiger partial charge in [-0.15, -0.1) is 0 Å². The largest absolute Gasteiger partial charge is 0.465 e. The summed E-state index contributed by atoms with van der Waals surface area (Å²) in [7, 11) is -5.83. The maximum Gasteiger partial charge on any atom is 0.465 e. The molecule has 2 atom stereocenters. The predicted molar refractivity (Wildman–Crippen MR) is 64.6 cm³/mol. The fourth-order valence-corrected chi connectivity index (χ4v) is 2.61. The van der Waals surface area contributed by atoms with Gasteiger partial charge in [0.25, 0.3) is 0 Å². The molecule has 1 saturated carbocycles. The molecule has 0 aromatic rings. The van der Waals surface area contributed by atoms with Crippen molar-refractivity contribution in [3.05, 3.63) is 0 Å². The number of alkyl halides is 2. The molecule has 1 aliphatic carbocycles. The SMILES string of the molecule is CC(C)(O)CC1CCC(OC(=O)C(F)(F)S(=O)(=O)O)C1. The molecule has 1 rings (SSSR count). The molecule has 0 spiro atoms. The lowest BCUT2D eigenvalue weighted by Crippen LogP contribution is -2.40. The van der Waals surface area contributed by atoms with E-state index in [-0.39, 0.29) is 12.3 Å². The van der Waals surface area contributed by atoms with Crippen molar-refractivity contribution in [1.29, 1.82) is 0 Å². The minimum Gasteiger partial charge on any atom is -0.457 e. The smallest absolute Gasteiger partial charge is 0.457 e. The van der Waals surface area contributed by atoms with Gasteiger partial charge >= 0.3 is 21.3 Å². The Morgan fingerprint density at radius 3 is 2.35 bits per heavy atom. The summed E-state index contributed by atoms with van der Waals surface area (Å²) in [5, 5.41) is 4.69. The quantitative estimate of drug-likeness (QED) is 0.586. The van der Waals surface area contributed by atoms with Crippen molar-refractivity contribution < 1.29 is 36.4 Å². The van der Waals surface area contributed by atoms with Gasteiger partial charge in [-0.2, -0.15) is 17.2 Å². The van der Waals surface area contributed by atoms with E-state index >= 15 is 0 Å². The Hall–Kier alpha value is -0.800. The third-order valence-electron chi connectivity index (χ3n) is 3.12. The Balaban J connectivity index is 2.58. The van der Waals surface area contributed by atoms with Crippen LogP contribution in [-0.4, -0.2) is 41.0 Å². The van der Waals surface area contributed by atoms with Gasteiger partial charge < -0.3 is 9.84 Å². The van der Waals surface area contributed by atoms with Gasteiger partial charge in [0.2, 0.25) is 0 Å². The number of carbonyl (C=O) groups is 1. The van der Waals surface area contributed by atoms with E-state index in [2.05, 4.69) is 4.74 Å². The van der Waals surface area contributed by atoms with Gasteiger partial charge in [-0.25, -0.2) is 4.79 Å². The second-order valence-electron chi connectivity index (χ2n) is 5.71. The first-order valence-electron chi connectivity index (χ1n) is 6.11. The van der Waals surface area contributed by atoms with Crippen molar-refractivity contribution >= 4 is 16.1 Å². The van der Waals surface area contributed by atoms with Crippen molar-refractivity contribution in [3.63, 3.8) is 0 Å². The van der Waals surface area contributed by atoms with Crippen LogP contribution < -0.4 is 0 Å². The molecular formula is C11H18F2O6S. The molecule has 9 heteroatoms. The summed E-state index contributed by atoms with van der Waals surface area (Å²) in [5.74, 6) is -2.26. The highest BCUT2D eigenvalue weighted by atomic mass is 32.2. The van der Waals surface area contributed by atoms with Crippen LogP contribution >= 0.6 is 0 Å². The van der Waals surface area contributed by atoms with Crippen LogP contribution in [0.5, 0.6) is 0 Å². The summed E-state index contributed by atoms with van der Waals surface area (Å²) < 4.78 is 59.5. The summed E-state index contributed by atoms with van der Waals surface area (Å²) in [6.07, 6.45) is 0.767. The van der Waals surface area contributed by atoms with Crippen LogP contribution in [0.25, 0.3) is 0 Å². The zero-order valence-corrected chi connectivity index (χ0v) is 12.0. The number of carbonyl (C=O) groups excluding carboxylic acids is 1. The van der Waals surface area contributed by atoms with E-state index in [9.17, 15) is 27.1 Å². The highest BCUT2D eigenvalue weighted by Gasteiger charge is 2.55. The molecule has 0 amide bonds. The number of aliphatic hydroxyl groups is 1. The first kappa shape index (κ1) is 17.3. The third-order valence-corrected chi connectivity index (χ3v) is 3.93. The van der Waals surface area contributed by atoms with Gasteiger partial charge in [0.15, 0.2) is 0 Å². The second-order valence-corrected chi connectivity index (χ2v) is 7.18. The Kier molecular flexibility index (Phi) is 4.77. The number of ether oxygens (including phenoxy) is 1. The van der Waals surface area contributed by atoms with E-state index in [1.165, 1.54) is 0 Å². The van der Waals surface area contributed by atoms with Crippen LogP contribution in [0.2, 0.25) is 0 Å². The fraction of sp³-hybridized carbons (Fsp3) is 0.909. The minimum absolute atomic E-state index is 0.00663. The van der Waals surface area contributed by atoms with E-state index in [1.807, 2.05) is 0 Å². The van der Waals surface area contributed by atoms with Crippen molar-refractivity contribution in [1.82, 2.24) is 0 Å². The molecule has 6 nitrogen and oxygen atoms in total. The van der Waals surface area contributed by atoms with Crippen LogP contribution in [0, 0.1) is 5.92 Å². The van der Waals surface area contributed by atoms with Gasteiger partial charge in [-0.1, -0.05) is 0 Å². The Morgan fingerprint density at radius 1 is 1.35 bits per heavy atom. The lowest BCUT2D eigenvalue weighted by Gasteiger charge is -2.21. The number of hydrogen-bond donors (Lipinski definition) is 2. The Morgan fingerprint density at radius 2 is 1.90 bits per heavy atom. The molecule has 2 unspecified atom stereocenters. The van der Waals surface area contributed by atoms with Gasteiger partial charge in [-0.05, 0) is 45.4 Å². The van der Waals surface area contributed by atoms with Crippen LogP contribution in [-0.2, 0) is 19.6 Å². The zero-order valence-electron chi connectivity index (χ0n) is 11.2. The first-order chi connectivity index (χ1) is 8.83. The molecular weight excluding hydrogens is 298 g/mol. The predicted octanol–water partition coefficient (Wildman–Crippen LogP) is 1.34. The topological polar surface area (TPSA) is 101 Å². The third kappa shape index (κ3) is 4.35. The molecule has 20 heavy (non-hydrogen) atoms. The normalized spacial score (nSPS) is 24.7. The van der Waals surface area contributed by atoms with Crippen LogP contribution in [0.4, 0.5) is 8.78 Å². The summed E-state index contributed by atoms with van der Waals surface area (Å²) in [6, 6.07) is 0. The van der Waals surface area contributed by atoms with Crippen molar-refractivity contribution in [2.75, 3.05) is 0 Å². The molecule has 0 aromatic heterocycles. The number of hydrogen-bond acceptors (Lipinski definition) is 5. The summed E-state index contributed by atoms with van der Waals surface area (Å²) >= 11 is 0. The first-order valence-corrected chi connectivity index (χ1v) is 7.55. The van der Waals surface area contributed by atoms with E-state index < -0.39 is 33.0 Å². The highest BCUT2D eigenvalue weighted by Crippen LogP contribution is 2.35. The van der Waals surface area contributed by atoms with Crippen molar-refractivity contribution in [3.8, 4) is 0 Å². The van der Waals surface area contributed by atoms with Gasteiger partial charge in [0.05, 0.1) is 5.60 Å². The summed E-state index contributed by atoms with van der Waals surface area (Å²) in [5.41, 5.74) is -0.915. The highest BCUT2D eigenvalue weighted by molar-refractivity contribution is 7.87. The maximum atomic E-state index is 13.0. The molecule has 0 heterocycles. The molecule has 0 saturated heterocycles. The molecule has 2 N–H and O–H groups in total. The molecule has 118 valence electrons. The average molecular weight is 316 g/mol. The van der Waals surface area contributed by atoms with Crippen molar-refractivity contribution in [2.24, 2.45) is 5.92 Å². The lowest BCUT2D eigenvalue weighted by molar-refractivity contribution is -0.166. The average Bonchev–Trinajstić information content (AvgIpc) is 2.60. The molecule has 1 aliphatic rings. The van der Waals surface area contributed by atoms with Gasteiger partial charge in [0.1, 0.15) is 6.10 Å². The zero-order chi connectivity index (χ0) is 15.8. The second kappa shape index (κ2) is 5.53. The fourth-order valence-electron chi connectivity index (χ4n) is 2.35. The Bertz CT molecular complexity index is 468. The maximum absolute atomic E-state index is 13.0. The molecule has 0 aromatic carbocycles. The summed E-state index contributed by atoms with van der Waals surface area (Å²) in [4.78, 5) is 11.1. The number of rotatable bonds is 5. The minimum atomic E-state index is -5.83. The van der Waals surface area contributed by atoms with Crippen molar-refractivity contribution in [2.45, 2.75) is 56.5 Å². The summed E-state index contributed by atoms with van der Waals surface area (Å²) in [6.45, 7) is 3.22. The van der Waals surface area contributed by atoms with E-state index in [0.717, 1.165) is 0 Å². The van der Waals surface area contributed by atoms with Crippen LogP contribution in [0.1, 0.15) is 39.5 Å². The molecule has 0 bridgehead atoms. The van der Waals surface area contributed by atoms with Gasteiger partial charge in [0, 0.05) is 0 Å². The van der Waals surface area contributed by atoms with Gasteiger partial charge in [-0.3, -0.25) is 4.55 Å².